The second-order valence-corrected chi connectivity index (χ2v) is 6.66. The Kier molecular flexibility index (Phi) is 4.89. The van der Waals surface area contributed by atoms with Crippen LogP contribution >= 0.6 is 0 Å². The molecule has 1 unspecified atom stereocenters. The molecule has 0 N–H and O–H groups in total. The van der Waals surface area contributed by atoms with Crippen molar-refractivity contribution in [3.8, 4) is 11.4 Å². The first-order valence-electron chi connectivity index (χ1n) is 9.12. The third-order valence-corrected chi connectivity index (χ3v) is 5.04. The van der Waals surface area contributed by atoms with Gasteiger partial charge in [-0.1, -0.05) is 36.8 Å². The zero-order chi connectivity index (χ0) is 16.9. The van der Waals surface area contributed by atoms with Gasteiger partial charge in [0.25, 0.3) is 0 Å². The Balaban J connectivity index is 1.64. The Morgan fingerprint density at radius 2 is 1.64 bits per heavy atom. The van der Waals surface area contributed by atoms with Crippen molar-refractivity contribution in [3.63, 3.8) is 0 Å². The molecule has 3 aromatic rings. The minimum absolute atomic E-state index is 0.385. The van der Waals surface area contributed by atoms with E-state index in [4.69, 9.17) is 0 Å². The highest BCUT2D eigenvalue weighted by molar-refractivity contribution is 5.54. The summed E-state index contributed by atoms with van der Waals surface area (Å²) in [5, 5.41) is 0. The molecular weight excluding hydrogens is 308 g/mol. The van der Waals surface area contributed by atoms with Gasteiger partial charge in [0.05, 0.1) is 6.04 Å². The smallest absolute Gasteiger partial charge is 0.140 e. The van der Waals surface area contributed by atoms with Crippen molar-refractivity contribution < 1.29 is 0 Å². The minimum atomic E-state index is 0.385. The molecule has 1 aromatic carbocycles. The molecule has 2 aromatic heterocycles. The number of imidazole rings is 1. The van der Waals surface area contributed by atoms with Crippen molar-refractivity contribution in [3.05, 3.63) is 72.8 Å². The Hall–Kier alpha value is -2.46. The standard InChI is InChI=1S/C21H24N4/c1-3-7-18(8-4-1)20(24-14-5-2-6-15-24)17-25-16-13-23-21(25)19-9-11-22-12-10-19/h1,3-4,7-13,16,20H,2,5-6,14-15,17H2. The van der Waals surface area contributed by atoms with Crippen LogP contribution in [-0.4, -0.2) is 32.5 Å². The van der Waals surface area contributed by atoms with Gasteiger partial charge in [-0.25, -0.2) is 4.98 Å². The van der Waals surface area contributed by atoms with Crippen LogP contribution in [0.15, 0.2) is 67.3 Å². The van der Waals surface area contributed by atoms with Gasteiger partial charge in [0.15, 0.2) is 0 Å². The number of benzene rings is 1. The van der Waals surface area contributed by atoms with Crippen LogP contribution in [0.1, 0.15) is 30.9 Å². The summed E-state index contributed by atoms with van der Waals surface area (Å²) in [5.41, 5.74) is 2.50. The Morgan fingerprint density at radius 1 is 0.880 bits per heavy atom. The van der Waals surface area contributed by atoms with E-state index in [1.165, 1.54) is 37.9 Å². The molecule has 4 heteroatoms. The molecule has 0 aliphatic carbocycles. The molecule has 1 atom stereocenters. The van der Waals surface area contributed by atoms with E-state index in [0.717, 1.165) is 17.9 Å². The summed E-state index contributed by atoms with van der Waals surface area (Å²) in [4.78, 5) is 11.4. The summed E-state index contributed by atoms with van der Waals surface area (Å²) in [6, 6.07) is 15.3. The van der Waals surface area contributed by atoms with Crippen molar-refractivity contribution in [2.75, 3.05) is 13.1 Å². The molecule has 0 bridgehead atoms. The lowest BCUT2D eigenvalue weighted by atomic mass is 10.0. The third-order valence-electron chi connectivity index (χ3n) is 5.04. The van der Waals surface area contributed by atoms with Crippen molar-refractivity contribution in [1.29, 1.82) is 0 Å². The maximum Gasteiger partial charge on any atom is 0.140 e. The number of hydrogen-bond donors (Lipinski definition) is 0. The molecule has 1 fully saturated rings. The summed E-state index contributed by atoms with van der Waals surface area (Å²) < 4.78 is 2.28. The van der Waals surface area contributed by atoms with Gasteiger partial charge >= 0.3 is 0 Å². The van der Waals surface area contributed by atoms with Crippen molar-refractivity contribution in [1.82, 2.24) is 19.4 Å². The molecule has 128 valence electrons. The van der Waals surface area contributed by atoms with Gasteiger partial charge in [-0.15, -0.1) is 0 Å². The van der Waals surface area contributed by atoms with Crippen LogP contribution < -0.4 is 0 Å². The number of likely N-dealkylation sites (tertiary alicyclic amines) is 1. The average molecular weight is 332 g/mol. The van der Waals surface area contributed by atoms with E-state index in [2.05, 4.69) is 56.0 Å². The van der Waals surface area contributed by atoms with Gasteiger partial charge in [0.1, 0.15) is 5.82 Å². The summed E-state index contributed by atoms with van der Waals surface area (Å²) in [5.74, 6) is 1.01. The van der Waals surface area contributed by atoms with Gasteiger partial charge in [0.2, 0.25) is 0 Å². The monoisotopic (exact) mass is 332 g/mol. The second kappa shape index (κ2) is 7.62. The summed E-state index contributed by atoms with van der Waals surface area (Å²) in [6.07, 6.45) is 11.6. The molecule has 1 saturated heterocycles. The predicted octanol–water partition coefficient (Wildman–Crippen LogP) is 4.17. The fraction of sp³-hybridized carbons (Fsp3) is 0.333. The molecule has 1 aliphatic rings. The van der Waals surface area contributed by atoms with Gasteiger partial charge in [-0.3, -0.25) is 9.88 Å². The van der Waals surface area contributed by atoms with Crippen molar-refractivity contribution >= 4 is 0 Å². The van der Waals surface area contributed by atoms with E-state index in [1.54, 1.807) is 0 Å². The quantitative estimate of drug-likeness (QED) is 0.703. The molecule has 1 aliphatic heterocycles. The SMILES string of the molecule is c1ccc(C(Cn2ccnc2-c2ccncc2)N2CCCCC2)cc1. The zero-order valence-electron chi connectivity index (χ0n) is 14.5. The number of pyridine rings is 1. The molecule has 0 saturated carbocycles. The molecule has 3 heterocycles. The van der Waals surface area contributed by atoms with Crippen LogP contribution in [0.3, 0.4) is 0 Å². The number of piperidine rings is 1. The van der Waals surface area contributed by atoms with Crippen LogP contribution in [0.4, 0.5) is 0 Å². The fourth-order valence-corrected chi connectivity index (χ4v) is 3.74. The van der Waals surface area contributed by atoms with Gasteiger partial charge in [0, 0.05) is 36.9 Å². The molecule has 0 radical (unpaired) electrons. The molecule has 0 amide bonds. The molecular formula is C21H24N4. The summed E-state index contributed by atoms with van der Waals surface area (Å²) >= 11 is 0. The topological polar surface area (TPSA) is 34.0 Å². The highest BCUT2D eigenvalue weighted by Crippen LogP contribution is 2.28. The highest BCUT2D eigenvalue weighted by atomic mass is 15.2. The molecule has 4 nitrogen and oxygen atoms in total. The maximum atomic E-state index is 4.59. The van der Waals surface area contributed by atoms with E-state index in [0.29, 0.717) is 6.04 Å². The largest absolute Gasteiger partial charge is 0.329 e. The van der Waals surface area contributed by atoms with Gasteiger partial charge < -0.3 is 4.57 Å². The van der Waals surface area contributed by atoms with E-state index < -0.39 is 0 Å². The lowest BCUT2D eigenvalue weighted by molar-refractivity contribution is 0.149. The first-order chi connectivity index (χ1) is 12.4. The average Bonchev–Trinajstić information content (AvgIpc) is 3.16. The Labute approximate surface area is 149 Å². The number of hydrogen-bond acceptors (Lipinski definition) is 3. The Bertz CT molecular complexity index is 776. The van der Waals surface area contributed by atoms with Crippen LogP contribution in [0.25, 0.3) is 11.4 Å². The highest BCUT2D eigenvalue weighted by Gasteiger charge is 2.23. The number of rotatable bonds is 5. The number of aromatic nitrogens is 3. The zero-order valence-corrected chi connectivity index (χ0v) is 14.5. The van der Waals surface area contributed by atoms with Crippen LogP contribution in [0, 0.1) is 0 Å². The maximum absolute atomic E-state index is 4.59. The van der Waals surface area contributed by atoms with Crippen LogP contribution in [0.2, 0.25) is 0 Å². The third kappa shape index (κ3) is 3.64. The van der Waals surface area contributed by atoms with E-state index in [9.17, 15) is 0 Å². The summed E-state index contributed by atoms with van der Waals surface area (Å²) in [6.45, 7) is 3.28. The summed E-state index contributed by atoms with van der Waals surface area (Å²) in [7, 11) is 0. The normalized spacial score (nSPS) is 16.6. The first kappa shape index (κ1) is 16.0. The fourth-order valence-electron chi connectivity index (χ4n) is 3.74. The van der Waals surface area contributed by atoms with Gasteiger partial charge in [-0.2, -0.15) is 0 Å². The second-order valence-electron chi connectivity index (χ2n) is 6.66. The lowest BCUT2D eigenvalue weighted by Crippen LogP contribution is -2.36. The number of nitrogens with zero attached hydrogens (tertiary/aromatic N) is 4. The molecule has 25 heavy (non-hydrogen) atoms. The van der Waals surface area contributed by atoms with E-state index >= 15 is 0 Å². The predicted molar refractivity (Wildman–Crippen MR) is 100 cm³/mol. The van der Waals surface area contributed by atoms with E-state index in [1.807, 2.05) is 30.7 Å². The van der Waals surface area contributed by atoms with Crippen molar-refractivity contribution in [2.24, 2.45) is 0 Å². The van der Waals surface area contributed by atoms with E-state index in [-0.39, 0.29) is 0 Å². The molecule has 0 spiro atoms. The first-order valence-corrected chi connectivity index (χ1v) is 9.12. The van der Waals surface area contributed by atoms with Crippen LogP contribution in [0.5, 0.6) is 0 Å². The van der Waals surface area contributed by atoms with Crippen molar-refractivity contribution in [2.45, 2.75) is 31.8 Å². The lowest BCUT2D eigenvalue weighted by Gasteiger charge is -2.35. The Morgan fingerprint density at radius 3 is 2.40 bits per heavy atom. The molecule has 4 rings (SSSR count). The van der Waals surface area contributed by atoms with Crippen LogP contribution in [-0.2, 0) is 6.54 Å². The minimum Gasteiger partial charge on any atom is -0.329 e. The van der Waals surface area contributed by atoms with Gasteiger partial charge in [-0.05, 0) is 43.6 Å².